The molecule has 1 aliphatic rings. The van der Waals surface area contributed by atoms with Crippen molar-refractivity contribution in [1.82, 2.24) is 9.38 Å². The molecule has 0 radical (unpaired) electrons. The average molecular weight is 772 g/mol. The smallest absolute Gasteiger partial charge is 0.500 e. The van der Waals surface area contributed by atoms with Crippen LogP contribution in [0.4, 0.5) is 11.4 Å². The minimum Gasteiger partial charge on any atom is -0.500 e. The summed E-state index contributed by atoms with van der Waals surface area (Å²) in [6.07, 6.45) is 6.07. The van der Waals surface area contributed by atoms with Crippen LogP contribution in [0.25, 0.3) is 49.4 Å². The monoisotopic (exact) mass is 772 g/mol. The zero-order valence-electron chi connectivity index (χ0n) is 25.8. The molecule has 1 aliphatic heterocycles. The summed E-state index contributed by atoms with van der Waals surface area (Å²) in [6.45, 7) is 8.44. The summed E-state index contributed by atoms with van der Waals surface area (Å²) in [6, 6.07) is 44.9. The molecule has 46 heavy (non-hydrogen) atoms. The Labute approximate surface area is 282 Å². The van der Waals surface area contributed by atoms with Gasteiger partial charge in [0.15, 0.2) is 0 Å². The Morgan fingerprint density at radius 1 is 0.630 bits per heavy atom. The second-order valence-electron chi connectivity index (χ2n) is 11.7. The van der Waals surface area contributed by atoms with E-state index in [9.17, 15) is 0 Å². The van der Waals surface area contributed by atoms with Crippen molar-refractivity contribution in [2.24, 2.45) is 0 Å². The molecule has 0 aliphatic carbocycles. The first kappa shape index (κ1) is 29.7. The maximum absolute atomic E-state index is 4.32. The van der Waals surface area contributed by atoms with E-state index in [4.69, 9.17) is 0 Å². The molecule has 8 aromatic rings. The quantitative estimate of drug-likeness (QED) is 0.167. The van der Waals surface area contributed by atoms with E-state index in [1.807, 2.05) is 43.5 Å². The van der Waals surface area contributed by atoms with E-state index < -0.39 is 0 Å². The topological polar surface area (TPSA) is 23.8 Å². The fourth-order valence-electron chi connectivity index (χ4n) is 6.44. The zero-order valence-corrected chi connectivity index (χ0v) is 28.2. The van der Waals surface area contributed by atoms with Crippen molar-refractivity contribution in [2.75, 3.05) is 9.80 Å². The summed E-state index contributed by atoms with van der Waals surface area (Å²) in [5, 5.41) is 5.17. The van der Waals surface area contributed by atoms with Gasteiger partial charge >= 0.3 is 20.1 Å². The van der Waals surface area contributed by atoms with E-state index in [-0.39, 0.29) is 20.1 Å². The number of hydrogen-bond donors (Lipinski definition) is 0. The van der Waals surface area contributed by atoms with Crippen molar-refractivity contribution in [3.05, 3.63) is 163 Å². The Kier molecular flexibility index (Phi) is 7.82. The van der Waals surface area contributed by atoms with Gasteiger partial charge in [0.25, 0.3) is 0 Å². The number of fused-ring (bicyclic) bond motifs is 6. The van der Waals surface area contributed by atoms with E-state index in [0.29, 0.717) is 0 Å². The Morgan fingerprint density at radius 3 is 2.13 bits per heavy atom. The third-order valence-corrected chi connectivity index (χ3v) is 8.46. The first-order valence-electron chi connectivity index (χ1n) is 15.2. The standard InChI is InChI=1S/C29H21N3.C12H10N.Ir/c1-19-14-20(2)16-22(15-19)31-13-12-30(18-31)21-10-11-28-26(17-21)25-8-5-7-24-23-6-3-4-9-27(23)32(28)29(24)25;1-10-7-8-12(13-9-10)11-5-3-2-4-6-11;/h3-9,11-18H,1-2H3;2-5,7-9H,1H3;/q-2;-1;+3. The van der Waals surface area contributed by atoms with Crippen LogP contribution in [0, 0.1) is 39.6 Å². The number of rotatable bonds is 3. The molecule has 0 bridgehead atoms. The van der Waals surface area contributed by atoms with Crippen LogP contribution in [0.5, 0.6) is 0 Å². The minimum atomic E-state index is 0. The second-order valence-corrected chi connectivity index (χ2v) is 11.7. The van der Waals surface area contributed by atoms with Crippen molar-refractivity contribution in [1.29, 1.82) is 0 Å². The van der Waals surface area contributed by atoms with Crippen molar-refractivity contribution in [2.45, 2.75) is 20.8 Å². The summed E-state index contributed by atoms with van der Waals surface area (Å²) in [7, 11) is 0. The molecule has 9 rings (SSSR count). The number of para-hydroxylation sites is 2. The van der Waals surface area contributed by atoms with Gasteiger partial charge in [-0.25, -0.2) is 0 Å². The zero-order chi connectivity index (χ0) is 30.5. The van der Waals surface area contributed by atoms with Crippen LogP contribution in [0.2, 0.25) is 0 Å². The Balaban J connectivity index is 0.000000204. The summed E-state index contributed by atoms with van der Waals surface area (Å²) >= 11 is 0. The van der Waals surface area contributed by atoms with Crippen molar-refractivity contribution >= 4 is 49.5 Å². The molecule has 4 nitrogen and oxygen atoms in total. The summed E-state index contributed by atoms with van der Waals surface area (Å²) in [4.78, 5) is 8.63. The number of nitrogens with zero attached hydrogens (tertiary/aromatic N) is 4. The Morgan fingerprint density at radius 2 is 1.37 bits per heavy atom. The second kappa shape index (κ2) is 12.1. The third-order valence-electron chi connectivity index (χ3n) is 8.46. The van der Waals surface area contributed by atoms with Crippen LogP contribution in [-0.2, 0) is 20.1 Å². The molecule has 0 unspecified atom stereocenters. The average Bonchev–Trinajstić information content (AvgIpc) is 3.78. The van der Waals surface area contributed by atoms with Crippen molar-refractivity contribution in [3.63, 3.8) is 0 Å². The van der Waals surface area contributed by atoms with Crippen LogP contribution in [0.15, 0.2) is 128 Å². The molecule has 0 saturated heterocycles. The van der Waals surface area contributed by atoms with E-state index in [1.54, 1.807) is 0 Å². The minimum absolute atomic E-state index is 0. The van der Waals surface area contributed by atoms with Gasteiger partial charge in [0.1, 0.15) is 0 Å². The van der Waals surface area contributed by atoms with Crippen LogP contribution in [0.3, 0.4) is 0 Å². The summed E-state index contributed by atoms with van der Waals surface area (Å²) in [5.74, 6) is 0. The normalized spacial score (nSPS) is 12.7. The van der Waals surface area contributed by atoms with Gasteiger partial charge in [-0.2, -0.15) is 12.1 Å². The molecule has 0 amide bonds. The van der Waals surface area contributed by atoms with Gasteiger partial charge in [0.2, 0.25) is 0 Å². The van der Waals surface area contributed by atoms with Gasteiger partial charge in [-0.15, -0.1) is 59.7 Å². The summed E-state index contributed by atoms with van der Waals surface area (Å²) < 4.78 is 2.39. The van der Waals surface area contributed by atoms with Gasteiger partial charge in [-0.3, -0.25) is 0 Å². The van der Waals surface area contributed by atoms with Crippen LogP contribution < -0.4 is 9.80 Å². The van der Waals surface area contributed by atoms with Gasteiger partial charge in [-0.1, -0.05) is 60.1 Å². The molecule has 4 heterocycles. The predicted molar refractivity (Wildman–Crippen MR) is 187 cm³/mol. The number of hydrogen-bond acceptors (Lipinski definition) is 3. The van der Waals surface area contributed by atoms with E-state index in [2.05, 4.69) is 143 Å². The van der Waals surface area contributed by atoms with Gasteiger partial charge in [-0.05, 0) is 79.1 Å². The Hall–Kier alpha value is -4.96. The molecule has 5 heteroatoms. The first-order chi connectivity index (χ1) is 22.0. The maximum atomic E-state index is 4.32. The molecule has 0 spiro atoms. The Bertz CT molecular complexity index is 2320. The molecule has 3 aromatic heterocycles. The third kappa shape index (κ3) is 5.22. The number of aryl methyl sites for hydroxylation is 3. The fourth-order valence-corrected chi connectivity index (χ4v) is 6.44. The summed E-state index contributed by atoms with van der Waals surface area (Å²) in [5.41, 5.74) is 11.7. The molecule has 5 aromatic carbocycles. The van der Waals surface area contributed by atoms with E-state index in [1.165, 1.54) is 60.5 Å². The molecular weight excluding hydrogens is 741 g/mol. The molecule has 0 atom stereocenters. The SMILES string of the molecule is Cc1cc(C)cc(N2C=CN(c3[c-]cc4c(c3)c3cccc5c6ccccc6n4c35)[CH-]2)c1.Cc1ccc(-c2[c-]cccc2)nc1.[Ir+3]. The van der Waals surface area contributed by atoms with E-state index >= 15 is 0 Å². The van der Waals surface area contributed by atoms with Crippen LogP contribution in [-0.4, -0.2) is 9.38 Å². The number of benzene rings is 5. The molecule has 0 saturated carbocycles. The van der Waals surface area contributed by atoms with Gasteiger partial charge < -0.3 is 19.2 Å². The number of aromatic nitrogens is 2. The van der Waals surface area contributed by atoms with Crippen LogP contribution >= 0.6 is 0 Å². The molecule has 0 N–H and O–H groups in total. The first-order valence-corrected chi connectivity index (χ1v) is 15.2. The number of pyridine rings is 1. The molecule has 0 fully saturated rings. The van der Waals surface area contributed by atoms with Crippen molar-refractivity contribution < 1.29 is 20.1 Å². The number of anilines is 2. The predicted octanol–water partition coefficient (Wildman–Crippen LogP) is 10.0. The van der Waals surface area contributed by atoms with Gasteiger partial charge in [0.05, 0.1) is 0 Å². The molecule has 224 valence electrons. The fraction of sp³-hybridized carbons (Fsp3) is 0.0732. The van der Waals surface area contributed by atoms with Crippen LogP contribution in [0.1, 0.15) is 16.7 Å². The van der Waals surface area contributed by atoms with E-state index in [0.717, 1.165) is 16.9 Å². The maximum Gasteiger partial charge on any atom is 3.00 e. The van der Waals surface area contributed by atoms with Gasteiger partial charge in [0, 0.05) is 33.7 Å². The van der Waals surface area contributed by atoms with Crippen molar-refractivity contribution in [3.8, 4) is 11.3 Å². The molecular formula is C41H31IrN4. The largest absolute Gasteiger partial charge is 3.00 e.